The number of halogens is 3. The number of benzene rings is 1. The van der Waals surface area contributed by atoms with Crippen LogP contribution in [0.15, 0.2) is 48.8 Å². The Bertz CT molecular complexity index is 1370. The third-order valence-corrected chi connectivity index (χ3v) is 7.51. The fraction of sp³-hybridized carbons (Fsp3) is 0.370. The zero-order chi connectivity index (χ0) is 25.8. The second-order valence-corrected chi connectivity index (χ2v) is 9.92. The second kappa shape index (κ2) is 8.81. The van der Waals surface area contributed by atoms with E-state index in [4.69, 9.17) is 14.5 Å². The standard InChI is InChI=1S/C27H25F3N4O3/c1-16-2-3-19(33-25(35)17-4-5-31-23(9-17)27(28,29)30)10-20(16)18-8-22-21(32-12-18)11-26(14-37-15-26)24-13-36-7-6-34(22)24/h2-5,8-10,12,24H,6-7,11,13-15H2,1H3,(H,33,35)/t24-/m0/s1. The van der Waals surface area contributed by atoms with Gasteiger partial charge in [-0.3, -0.25) is 14.8 Å². The van der Waals surface area contributed by atoms with Crippen LogP contribution in [-0.2, 0) is 22.1 Å². The summed E-state index contributed by atoms with van der Waals surface area (Å²) in [5.74, 6) is -0.643. The number of morpholine rings is 1. The van der Waals surface area contributed by atoms with E-state index in [-0.39, 0.29) is 17.0 Å². The van der Waals surface area contributed by atoms with E-state index in [1.54, 1.807) is 6.07 Å². The highest BCUT2D eigenvalue weighted by Crippen LogP contribution is 2.47. The lowest BCUT2D eigenvalue weighted by Gasteiger charge is -2.56. The maximum atomic E-state index is 13.0. The third-order valence-electron chi connectivity index (χ3n) is 7.51. The summed E-state index contributed by atoms with van der Waals surface area (Å²) in [5, 5.41) is 2.71. The number of ether oxygens (including phenoxy) is 2. The number of anilines is 2. The topological polar surface area (TPSA) is 76.6 Å². The van der Waals surface area contributed by atoms with E-state index in [0.717, 1.165) is 53.3 Å². The summed E-state index contributed by atoms with van der Waals surface area (Å²) in [6, 6.07) is 9.81. The van der Waals surface area contributed by atoms with Crippen molar-refractivity contribution in [3.8, 4) is 11.1 Å². The average Bonchev–Trinajstić information content (AvgIpc) is 2.87. The van der Waals surface area contributed by atoms with E-state index in [9.17, 15) is 18.0 Å². The van der Waals surface area contributed by atoms with Crippen molar-refractivity contribution in [2.45, 2.75) is 25.6 Å². The van der Waals surface area contributed by atoms with Gasteiger partial charge < -0.3 is 19.7 Å². The molecular weight excluding hydrogens is 485 g/mol. The van der Waals surface area contributed by atoms with Crippen molar-refractivity contribution in [3.05, 3.63) is 71.3 Å². The molecular formula is C27H25F3N4O3. The van der Waals surface area contributed by atoms with Crippen LogP contribution in [0.3, 0.4) is 0 Å². The molecule has 0 aliphatic carbocycles. The molecule has 6 rings (SSSR count). The number of nitrogens with zero attached hydrogens (tertiary/aromatic N) is 3. The Morgan fingerprint density at radius 2 is 1.97 bits per heavy atom. The number of alkyl halides is 3. The Morgan fingerprint density at radius 3 is 2.73 bits per heavy atom. The Kier molecular flexibility index (Phi) is 5.68. The van der Waals surface area contributed by atoms with Crippen LogP contribution in [0.5, 0.6) is 0 Å². The molecule has 1 N–H and O–H groups in total. The fourth-order valence-electron chi connectivity index (χ4n) is 5.46. The highest BCUT2D eigenvalue weighted by atomic mass is 19.4. The van der Waals surface area contributed by atoms with Gasteiger partial charge in [-0.2, -0.15) is 13.2 Å². The van der Waals surface area contributed by atoms with Crippen molar-refractivity contribution < 1.29 is 27.4 Å². The maximum absolute atomic E-state index is 13.0. The molecule has 7 nitrogen and oxygen atoms in total. The van der Waals surface area contributed by atoms with E-state index >= 15 is 0 Å². The number of aryl methyl sites for hydroxylation is 1. The monoisotopic (exact) mass is 510 g/mol. The van der Waals surface area contributed by atoms with E-state index in [1.165, 1.54) is 6.07 Å². The largest absolute Gasteiger partial charge is 0.433 e. The Hall–Kier alpha value is -3.50. The predicted molar refractivity (Wildman–Crippen MR) is 131 cm³/mol. The molecule has 1 aromatic carbocycles. The van der Waals surface area contributed by atoms with Gasteiger partial charge in [0, 0.05) is 47.6 Å². The van der Waals surface area contributed by atoms with Gasteiger partial charge in [-0.1, -0.05) is 6.07 Å². The molecule has 0 unspecified atom stereocenters. The van der Waals surface area contributed by atoms with Gasteiger partial charge in [-0.25, -0.2) is 0 Å². The van der Waals surface area contributed by atoms with E-state index < -0.39 is 17.8 Å². The van der Waals surface area contributed by atoms with Crippen LogP contribution in [-0.4, -0.2) is 54.9 Å². The van der Waals surface area contributed by atoms with E-state index in [2.05, 4.69) is 21.3 Å². The number of rotatable bonds is 3. The lowest BCUT2D eigenvalue weighted by molar-refractivity contribution is -0.146. The third kappa shape index (κ3) is 4.23. The van der Waals surface area contributed by atoms with Gasteiger partial charge in [0.15, 0.2) is 0 Å². The molecule has 2 aromatic heterocycles. The molecule has 192 valence electrons. The van der Waals surface area contributed by atoms with Gasteiger partial charge in [0.05, 0.1) is 43.9 Å². The highest BCUT2D eigenvalue weighted by Gasteiger charge is 2.53. The summed E-state index contributed by atoms with van der Waals surface area (Å²) in [5.41, 5.74) is 4.20. The number of nitrogens with one attached hydrogen (secondary N) is 1. The molecule has 37 heavy (non-hydrogen) atoms. The molecule has 2 fully saturated rings. The van der Waals surface area contributed by atoms with Gasteiger partial charge >= 0.3 is 6.18 Å². The van der Waals surface area contributed by atoms with Crippen LogP contribution in [0, 0.1) is 12.3 Å². The van der Waals surface area contributed by atoms with Crippen molar-refractivity contribution in [2.75, 3.05) is 43.2 Å². The minimum Gasteiger partial charge on any atom is -0.380 e. The molecule has 1 spiro atoms. The number of carbonyl (C=O) groups excluding carboxylic acids is 1. The zero-order valence-electron chi connectivity index (χ0n) is 20.1. The minimum absolute atomic E-state index is 0.0426. The Morgan fingerprint density at radius 1 is 1.14 bits per heavy atom. The first-order chi connectivity index (χ1) is 17.7. The number of hydrogen-bond acceptors (Lipinski definition) is 6. The zero-order valence-corrected chi connectivity index (χ0v) is 20.1. The minimum atomic E-state index is -4.63. The van der Waals surface area contributed by atoms with Crippen LogP contribution >= 0.6 is 0 Å². The fourth-order valence-corrected chi connectivity index (χ4v) is 5.46. The van der Waals surface area contributed by atoms with Crippen molar-refractivity contribution in [1.82, 2.24) is 9.97 Å². The highest BCUT2D eigenvalue weighted by molar-refractivity contribution is 6.04. The van der Waals surface area contributed by atoms with Crippen molar-refractivity contribution in [2.24, 2.45) is 5.41 Å². The molecule has 2 saturated heterocycles. The normalized spacial score (nSPS) is 20.1. The lowest BCUT2D eigenvalue weighted by Crippen LogP contribution is -2.65. The number of amides is 1. The molecule has 5 heterocycles. The summed E-state index contributed by atoms with van der Waals surface area (Å²) in [7, 11) is 0. The Labute approximate surface area is 211 Å². The average molecular weight is 511 g/mol. The Balaban J connectivity index is 1.29. The molecule has 3 aliphatic heterocycles. The summed E-state index contributed by atoms with van der Waals surface area (Å²) in [6.45, 7) is 5.50. The molecule has 0 radical (unpaired) electrons. The number of carbonyl (C=O) groups is 1. The smallest absolute Gasteiger partial charge is 0.380 e. The van der Waals surface area contributed by atoms with Crippen LogP contribution in [0.2, 0.25) is 0 Å². The molecule has 1 atom stereocenters. The maximum Gasteiger partial charge on any atom is 0.433 e. The lowest BCUT2D eigenvalue weighted by atomic mass is 9.70. The molecule has 0 saturated carbocycles. The van der Waals surface area contributed by atoms with Crippen LogP contribution < -0.4 is 10.2 Å². The van der Waals surface area contributed by atoms with Crippen molar-refractivity contribution in [3.63, 3.8) is 0 Å². The SMILES string of the molecule is Cc1ccc(NC(=O)c2ccnc(C(F)(F)F)c2)cc1-c1cnc2c(c1)N1CCOC[C@H]1C1(COC1)C2. The first-order valence-corrected chi connectivity index (χ1v) is 12.1. The molecule has 3 aromatic rings. The van der Waals surface area contributed by atoms with Crippen molar-refractivity contribution in [1.29, 1.82) is 0 Å². The second-order valence-electron chi connectivity index (χ2n) is 9.92. The van der Waals surface area contributed by atoms with Gasteiger partial charge in [-0.15, -0.1) is 0 Å². The summed E-state index contributed by atoms with van der Waals surface area (Å²) >= 11 is 0. The first-order valence-electron chi connectivity index (χ1n) is 12.1. The number of pyridine rings is 2. The van der Waals surface area contributed by atoms with Crippen LogP contribution in [0.1, 0.15) is 27.3 Å². The van der Waals surface area contributed by atoms with Crippen LogP contribution in [0.4, 0.5) is 24.5 Å². The van der Waals surface area contributed by atoms with E-state index in [1.807, 2.05) is 25.3 Å². The molecule has 10 heteroatoms. The molecule has 1 amide bonds. The summed E-state index contributed by atoms with van der Waals surface area (Å²) in [4.78, 5) is 23.3. The summed E-state index contributed by atoms with van der Waals surface area (Å²) < 4.78 is 50.4. The predicted octanol–water partition coefficient (Wildman–Crippen LogP) is 4.50. The number of aromatic nitrogens is 2. The number of hydrogen-bond donors (Lipinski definition) is 1. The van der Waals surface area contributed by atoms with Gasteiger partial charge in [0.2, 0.25) is 0 Å². The number of fused-ring (bicyclic) bond motifs is 4. The van der Waals surface area contributed by atoms with Crippen molar-refractivity contribution >= 4 is 17.3 Å². The first kappa shape index (κ1) is 23.9. The van der Waals surface area contributed by atoms with Gasteiger partial charge in [0.25, 0.3) is 5.91 Å². The summed E-state index contributed by atoms with van der Waals surface area (Å²) in [6.07, 6.45) is -0.958. The van der Waals surface area contributed by atoms with Gasteiger partial charge in [-0.05, 0) is 48.4 Å². The molecule has 0 bridgehead atoms. The quantitative estimate of drug-likeness (QED) is 0.559. The van der Waals surface area contributed by atoms with E-state index in [0.29, 0.717) is 32.1 Å². The molecule has 3 aliphatic rings. The van der Waals surface area contributed by atoms with Crippen LogP contribution in [0.25, 0.3) is 11.1 Å². The van der Waals surface area contributed by atoms with Gasteiger partial charge in [0.1, 0.15) is 5.69 Å².